The Morgan fingerprint density at radius 3 is 2.25 bits per heavy atom. The first-order chi connectivity index (χ1) is 7.47. The van der Waals surface area contributed by atoms with Crippen molar-refractivity contribution in [3.05, 3.63) is 5.82 Å². The number of nitrogens with one attached hydrogen (secondary N) is 1. The van der Waals surface area contributed by atoms with Gasteiger partial charge in [-0.15, -0.1) is 5.10 Å². The van der Waals surface area contributed by atoms with E-state index in [0.29, 0.717) is 17.3 Å². The molecule has 3 N–H and O–H groups in total. The Labute approximate surface area is 97.0 Å². The van der Waals surface area contributed by atoms with Crippen LogP contribution in [-0.4, -0.2) is 15.2 Å². The van der Waals surface area contributed by atoms with Crippen LogP contribution < -0.4 is 5.73 Å². The zero-order valence-corrected chi connectivity index (χ0v) is 10.5. The first kappa shape index (κ1) is 11.4. The number of hydrogen-bond acceptors (Lipinski definition) is 3. The predicted molar refractivity (Wildman–Crippen MR) is 64.9 cm³/mol. The number of aromatic amines is 1. The van der Waals surface area contributed by atoms with Gasteiger partial charge in [-0.05, 0) is 37.0 Å². The summed E-state index contributed by atoms with van der Waals surface area (Å²) >= 11 is 0. The van der Waals surface area contributed by atoms with E-state index in [1.165, 1.54) is 25.7 Å². The van der Waals surface area contributed by atoms with Gasteiger partial charge in [-0.3, -0.25) is 5.10 Å². The number of hydrogen-bond donors (Lipinski definition) is 2. The van der Waals surface area contributed by atoms with E-state index in [0.717, 1.165) is 11.7 Å². The molecule has 4 heteroatoms. The lowest BCUT2D eigenvalue weighted by Gasteiger charge is -2.36. The van der Waals surface area contributed by atoms with Gasteiger partial charge in [-0.1, -0.05) is 20.8 Å². The SMILES string of the molecule is CC(C)(C)C1CCC(c2nc(N)n[nH]2)CC1. The summed E-state index contributed by atoms with van der Waals surface area (Å²) in [5, 5.41) is 6.84. The fraction of sp³-hybridized carbons (Fsp3) is 0.833. The highest BCUT2D eigenvalue weighted by Crippen LogP contribution is 2.42. The van der Waals surface area contributed by atoms with Crippen molar-refractivity contribution in [1.82, 2.24) is 15.2 Å². The molecule has 0 saturated heterocycles. The van der Waals surface area contributed by atoms with Gasteiger partial charge < -0.3 is 5.73 Å². The van der Waals surface area contributed by atoms with Crippen LogP contribution in [0.1, 0.15) is 58.2 Å². The summed E-state index contributed by atoms with van der Waals surface area (Å²) in [6, 6.07) is 0. The summed E-state index contributed by atoms with van der Waals surface area (Å²) in [4.78, 5) is 4.23. The van der Waals surface area contributed by atoms with E-state index in [-0.39, 0.29) is 0 Å². The fourth-order valence-electron chi connectivity index (χ4n) is 2.70. The van der Waals surface area contributed by atoms with Gasteiger partial charge in [0.1, 0.15) is 5.82 Å². The number of aromatic nitrogens is 3. The van der Waals surface area contributed by atoms with E-state index in [2.05, 4.69) is 36.0 Å². The predicted octanol–water partition coefficient (Wildman–Crippen LogP) is 2.71. The number of H-pyrrole nitrogens is 1. The molecule has 0 radical (unpaired) electrons. The molecule has 1 aliphatic rings. The van der Waals surface area contributed by atoms with Gasteiger partial charge in [0.15, 0.2) is 0 Å². The fourth-order valence-corrected chi connectivity index (χ4v) is 2.70. The molecule has 1 aliphatic carbocycles. The summed E-state index contributed by atoms with van der Waals surface area (Å²) in [6.07, 6.45) is 4.98. The van der Waals surface area contributed by atoms with Crippen molar-refractivity contribution in [2.45, 2.75) is 52.4 Å². The topological polar surface area (TPSA) is 67.6 Å². The third kappa shape index (κ3) is 2.36. The molecule has 2 rings (SSSR count). The van der Waals surface area contributed by atoms with Gasteiger partial charge in [-0.25, -0.2) is 0 Å². The third-order valence-electron chi connectivity index (χ3n) is 3.86. The van der Waals surface area contributed by atoms with E-state index >= 15 is 0 Å². The van der Waals surface area contributed by atoms with Crippen LogP contribution in [0.25, 0.3) is 0 Å². The van der Waals surface area contributed by atoms with Crippen molar-refractivity contribution in [1.29, 1.82) is 0 Å². The molecule has 1 aromatic heterocycles. The van der Waals surface area contributed by atoms with E-state index in [1.807, 2.05) is 0 Å². The molecule has 90 valence electrons. The molecule has 1 saturated carbocycles. The highest BCUT2D eigenvalue weighted by Gasteiger charge is 2.31. The molecule has 0 aromatic carbocycles. The molecule has 1 heterocycles. The summed E-state index contributed by atoms with van der Waals surface area (Å²) in [5.74, 6) is 2.71. The Bertz CT molecular complexity index is 342. The third-order valence-corrected chi connectivity index (χ3v) is 3.86. The van der Waals surface area contributed by atoms with Gasteiger partial charge in [0.05, 0.1) is 0 Å². The number of anilines is 1. The largest absolute Gasteiger partial charge is 0.367 e. The molecular formula is C12H22N4. The van der Waals surface area contributed by atoms with Crippen molar-refractivity contribution in [2.75, 3.05) is 5.73 Å². The lowest BCUT2D eigenvalue weighted by atomic mass is 9.70. The Kier molecular flexibility index (Phi) is 2.91. The van der Waals surface area contributed by atoms with Crippen LogP contribution in [-0.2, 0) is 0 Å². The van der Waals surface area contributed by atoms with Crippen molar-refractivity contribution < 1.29 is 0 Å². The number of nitrogens with two attached hydrogens (primary N) is 1. The number of rotatable bonds is 1. The summed E-state index contributed by atoms with van der Waals surface area (Å²) < 4.78 is 0. The van der Waals surface area contributed by atoms with E-state index < -0.39 is 0 Å². The van der Waals surface area contributed by atoms with Gasteiger partial charge in [-0.2, -0.15) is 4.98 Å². The quantitative estimate of drug-likeness (QED) is 0.767. The monoisotopic (exact) mass is 222 g/mol. The summed E-state index contributed by atoms with van der Waals surface area (Å²) in [6.45, 7) is 7.01. The second-order valence-electron chi connectivity index (χ2n) is 5.99. The van der Waals surface area contributed by atoms with E-state index in [9.17, 15) is 0 Å². The lowest BCUT2D eigenvalue weighted by molar-refractivity contribution is 0.167. The minimum atomic E-state index is 0.368. The number of nitrogen functional groups attached to an aromatic ring is 1. The zero-order chi connectivity index (χ0) is 11.8. The molecule has 1 fully saturated rings. The van der Waals surface area contributed by atoms with Crippen molar-refractivity contribution in [3.8, 4) is 0 Å². The molecule has 0 spiro atoms. The van der Waals surface area contributed by atoms with Crippen LogP contribution >= 0.6 is 0 Å². The molecule has 0 unspecified atom stereocenters. The van der Waals surface area contributed by atoms with Crippen LogP contribution in [0, 0.1) is 11.3 Å². The minimum absolute atomic E-state index is 0.368. The highest BCUT2D eigenvalue weighted by molar-refractivity contribution is 5.14. The molecular weight excluding hydrogens is 200 g/mol. The summed E-state index contributed by atoms with van der Waals surface area (Å²) in [5.41, 5.74) is 5.96. The average molecular weight is 222 g/mol. The molecule has 0 aliphatic heterocycles. The van der Waals surface area contributed by atoms with Crippen LogP contribution in [0.15, 0.2) is 0 Å². The maximum Gasteiger partial charge on any atom is 0.239 e. The normalized spacial score (nSPS) is 26.9. The average Bonchev–Trinajstić information content (AvgIpc) is 2.64. The van der Waals surface area contributed by atoms with Crippen LogP contribution in [0.2, 0.25) is 0 Å². The first-order valence-electron chi connectivity index (χ1n) is 6.14. The van der Waals surface area contributed by atoms with Gasteiger partial charge in [0.25, 0.3) is 0 Å². The Morgan fingerprint density at radius 2 is 1.81 bits per heavy atom. The second-order valence-corrected chi connectivity index (χ2v) is 5.99. The Balaban J connectivity index is 1.95. The smallest absolute Gasteiger partial charge is 0.239 e. The lowest BCUT2D eigenvalue weighted by Crippen LogP contribution is -2.25. The zero-order valence-electron chi connectivity index (χ0n) is 10.5. The molecule has 1 aromatic rings. The standard InChI is InChI=1S/C12H22N4/c1-12(2,3)9-6-4-8(5-7-9)10-14-11(13)16-15-10/h8-9H,4-7H2,1-3H3,(H3,13,14,15,16). The van der Waals surface area contributed by atoms with E-state index in [4.69, 9.17) is 5.73 Å². The Hall–Kier alpha value is -1.06. The van der Waals surface area contributed by atoms with Gasteiger partial charge in [0.2, 0.25) is 5.95 Å². The molecule has 0 bridgehead atoms. The number of nitrogens with zero attached hydrogens (tertiary/aromatic N) is 2. The molecule has 0 amide bonds. The van der Waals surface area contributed by atoms with Gasteiger partial charge >= 0.3 is 0 Å². The second kappa shape index (κ2) is 4.07. The van der Waals surface area contributed by atoms with Gasteiger partial charge in [0, 0.05) is 5.92 Å². The maximum absolute atomic E-state index is 5.53. The molecule has 4 nitrogen and oxygen atoms in total. The van der Waals surface area contributed by atoms with Crippen LogP contribution in [0.5, 0.6) is 0 Å². The first-order valence-corrected chi connectivity index (χ1v) is 6.14. The highest BCUT2D eigenvalue weighted by atomic mass is 15.3. The Morgan fingerprint density at radius 1 is 1.19 bits per heavy atom. The van der Waals surface area contributed by atoms with Crippen LogP contribution in [0.3, 0.4) is 0 Å². The molecule has 0 atom stereocenters. The maximum atomic E-state index is 5.53. The van der Waals surface area contributed by atoms with Crippen molar-refractivity contribution in [2.24, 2.45) is 11.3 Å². The van der Waals surface area contributed by atoms with Crippen molar-refractivity contribution in [3.63, 3.8) is 0 Å². The minimum Gasteiger partial charge on any atom is -0.367 e. The van der Waals surface area contributed by atoms with Crippen LogP contribution in [0.4, 0.5) is 5.95 Å². The van der Waals surface area contributed by atoms with E-state index in [1.54, 1.807) is 0 Å². The molecule has 16 heavy (non-hydrogen) atoms. The van der Waals surface area contributed by atoms with Crippen molar-refractivity contribution >= 4 is 5.95 Å². The summed E-state index contributed by atoms with van der Waals surface area (Å²) in [7, 11) is 0.